The molecule has 10 heteroatoms. The van der Waals surface area contributed by atoms with Gasteiger partial charge in [0.05, 0.1) is 21.5 Å². The van der Waals surface area contributed by atoms with Crippen molar-refractivity contribution in [1.29, 1.82) is 0 Å². The number of primary sulfonamides is 1. The van der Waals surface area contributed by atoms with E-state index in [1.165, 1.54) is 30.9 Å². The number of hydrogen-bond donors (Lipinski definition) is 2. The first-order valence-corrected chi connectivity index (χ1v) is 11.9. The molecule has 7 nitrogen and oxygen atoms in total. The first-order chi connectivity index (χ1) is 14.6. The van der Waals surface area contributed by atoms with E-state index in [4.69, 9.17) is 17.4 Å². The Morgan fingerprint density at radius 2 is 1.87 bits per heavy atom. The normalized spacial score (nSPS) is 12.0. The molecule has 0 radical (unpaired) electrons. The summed E-state index contributed by atoms with van der Waals surface area (Å²) < 4.78 is 25.1. The number of sulfonamides is 1. The van der Waals surface area contributed by atoms with Crippen molar-refractivity contribution in [3.63, 3.8) is 0 Å². The Morgan fingerprint density at radius 3 is 2.45 bits per heavy atom. The van der Waals surface area contributed by atoms with Crippen molar-refractivity contribution >= 4 is 38.3 Å². The van der Waals surface area contributed by atoms with Gasteiger partial charge in [-0.1, -0.05) is 60.2 Å². The Balaban J connectivity index is 1.99. The van der Waals surface area contributed by atoms with Crippen LogP contribution >= 0.6 is 24.0 Å². The van der Waals surface area contributed by atoms with Crippen LogP contribution in [0.25, 0.3) is 16.9 Å². The summed E-state index contributed by atoms with van der Waals surface area (Å²) in [6.07, 6.45) is 0. The van der Waals surface area contributed by atoms with Crippen LogP contribution in [0.15, 0.2) is 65.6 Å². The molecule has 31 heavy (non-hydrogen) atoms. The Kier molecular flexibility index (Phi) is 7.15. The van der Waals surface area contributed by atoms with E-state index in [-0.39, 0.29) is 10.1 Å². The van der Waals surface area contributed by atoms with E-state index in [1.54, 1.807) is 16.8 Å². The van der Waals surface area contributed by atoms with Crippen molar-refractivity contribution < 1.29 is 13.6 Å². The van der Waals surface area contributed by atoms with Crippen LogP contribution < -0.4 is 5.14 Å². The second kappa shape index (κ2) is 9.64. The van der Waals surface area contributed by atoms with Crippen LogP contribution in [-0.4, -0.2) is 45.1 Å². The minimum Gasteiger partial charge on any atom is -0.287 e. The summed E-state index contributed by atoms with van der Waals surface area (Å²) in [4.78, 5) is 0.0281. The summed E-state index contributed by atoms with van der Waals surface area (Å²) in [5, 5.41) is 19.9. The molecule has 0 aliphatic heterocycles. The smallest absolute Gasteiger partial charge is 0.238 e. The van der Waals surface area contributed by atoms with Crippen LogP contribution in [0.1, 0.15) is 12.6 Å². The molecule has 160 valence electrons. The number of hydroxylamine groups is 2. The molecule has 0 spiro atoms. The van der Waals surface area contributed by atoms with Crippen LogP contribution in [0.4, 0.5) is 0 Å². The number of rotatable bonds is 4. The molecule has 2 aromatic carbocycles. The Bertz CT molecular complexity index is 1240. The molecule has 3 aromatic rings. The molecule has 0 saturated carbocycles. The number of thioether (sulfide) groups is 1. The third-order valence-corrected chi connectivity index (χ3v) is 6.55. The lowest BCUT2D eigenvalue weighted by atomic mass is 10.1. The van der Waals surface area contributed by atoms with E-state index in [1.807, 2.05) is 43.3 Å². The summed E-state index contributed by atoms with van der Waals surface area (Å²) >= 11 is 6.34. The SMILES string of the molecule is CC(C#Cc1cc(-c2ccccc2)n(-c2ccc(S(N)(=O)=O)cc2)n1)SC(=S)N(C)O. The molecule has 0 amide bonds. The maximum Gasteiger partial charge on any atom is 0.238 e. The molecule has 0 fully saturated rings. The fourth-order valence-electron chi connectivity index (χ4n) is 2.66. The lowest BCUT2D eigenvalue weighted by molar-refractivity contribution is 0.0205. The van der Waals surface area contributed by atoms with Crippen LogP contribution in [-0.2, 0) is 10.0 Å². The van der Waals surface area contributed by atoms with Gasteiger partial charge >= 0.3 is 0 Å². The standard InChI is InChI=1S/C21H20N4O3S3/c1-15(30-21(29)24(2)26)8-9-17-14-20(16-6-4-3-5-7-16)25(23-17)18-10-12-19(13-11-18)31(22,27)28/h3-7,10-15,26H,1-2H3,(H2,22,27,28). The monoisotopic (exact) mass is 472 g/mol. The Hall–Kier alpha value is -2.68. The number of benzene rings is 2. The molecule has 1 aromatic heterocycles. The number of nitrogens with two attached hydrogens (primary N) is 1. The second-order valence-corrected chi connectivity index (χ2v) is 10.1. The topological polar surface area (TPSA) is 101 Å². The summed E-state index contributed by atoms with van der Waals surface area (Å²) in [5.41, 5.74) is 2.96. The molecule has 3 N–H and O–H groups in total. The lowest BCUT2D eigenvalue weighted by Gasteiger charge is -2.11. The van der Waals surface area contributed by atoms with E-state index in [0.717, 1.165) is 16.3 Å². The number of aromatic nitrogens is 2. The van der Waals surface area contributed by atoms with Gasteiger partial charge in [0.15, 0.2) is 4.32 Å². The van der Waals surface area contributed by atoms with Crippen molar-refractivity contribution in [3.8, 4) is 28.8 Å². The highest BCUT2D eigenvalue weighted by molar-refractivity contribution is 8.23. The lowest BCUT2D eigenvalue weighted by Crippen LogP contribution is -2.18. The predicted octanol–water partition coefficient (Wildman–Crippen LogP) is 3.27. The molecule has 0 aliphatic rings. The molecule has 1 unspecified atom stereocenters. The van der Waals surface area contributed by atoms with Gasteiger partial charge in [0, 0.05) is 18.7 Å². The summed E-state index contributed by atoms with van der Waals surface area (Å²) in [7, 11) is -2.32. The number of hydrogen-bond acceptors (Lipinski definition) is 6. The van der Waals surface area contributed by atoms with Gasteiger partial charge in [-0.2, -0.15) is 5.10 Å². The zero-order valence-electron chi connectivity index (χ0n) is 16.8. The fourth-order valence-corrected chi connectivity index (χ4v) is 4.18. The van der Waals surface area contributed by atoms with Crippen molar-refractivity contribution in [2.24, 2.45) is 5.14 Å². The molecule has 1 heterocycles. The number of nitrogens with zero attached hydrogens (tertiary/aromatic N) is 3. The maximum atomic E-state index is 11.5. The molecular weight excluding hydrogens is 452 g/mol. The fraction of sp³-hybridized carbons (Fsp3) is 0.143. The number of thiocarbonyl (C=S) groups is 1. The van der Waals surface area contributed by atoms with Crippen molar-refractivity contribution in [2.45, 2.75) is 17.1 Å². The van der Waals surface area contributed by atoms with Gasteiger partial charge in [-0.15, -0.1) is 0 Å². The molecule has 0 bridgehead atoms. The summed E-state index contributed by atoms with van der Waals surface area (Å²) in [6.45, 7) is 1.88. The van der Waals surface area contributed by atoms with Gasteiger partial charge in [-0.3, -0.25) is 5.21 Å². The minimum atomic E-state index is -3.78. The van der Waals surface area contributed by atoms with E-state index in [9.17, 15) is 13.6 Å². The molecule has 0 aliphatic carbocycles. The maximum absolute atomic E-state index is 11.5. The first kappa shape index (κ1) is 23.0. The molecule has 1 atom stereocenters. The minimum absolute atomic E-state index is 0.0281. The van der Waals surface area contributed by atoms with Crippen molar-refractivity contribution in [2.75, 3.05) is 7.05 Å². The Labute approximate surface area is 190 Å². The van der Waals surface area contributed by atoms with Gasteiger partial charge in [-0.25, -0.2) is 23.3 Å². The predicted molar refractivity (Wildman–Crippen MR) is 126 cm³/mol. The van der Waals surface area contributed by atoms with Crippen LogP contribution in [0.5, 0.6) is 0 Å². The van der Waals surface area contributed by atoms with Gasteiger partial charge in [0.2, 0.25) is 10.0 Å². The zero-order valence-corrected chi connectivity index (χ0v) is 19.2. The molecule has 0 saturated heterocycles. The average molecular weight is 473 g/mol. The van der Waals surface area contributed by atoms with Gasteiger partial charge in [0.1, 0.15) is 5.69 Å². The highest BCUT2D eigenvalue weighted by Gasteiger charge is 2.13. The van der Waals surface area contributed by atoms with Crippen LogP contribution in [0, 0.1) is 11.8 Å². The summed E-state index contributed by atoms with van der Waals surface area (Å²) in [6, 6.07) is 17.7. The van der Waals surface area contributed by atoms with Crippen molar-refractivity contribution in [3.05, 3.63) is 66.4 Å². The van der Waals surface area contributed by atoms with Crippen LogP contribution in [0.3, 0.4) is 0 Å². The zero-order chi connectivity index (χ0) is 22.6. The van der Waals surface area contributed by atoms with Gasteiger partial charge < -0.3 is 0 Å². The Morgan fingerprint density at radius 1 is 1.23 bits per heavy atom. The average Bonchev–Trinajstić information content (AvgIpc) is 3.16. The van der Waals surface area contributed by atoms with Gasteiger partial charge in [0.25, 0.3) is 0 Å². The van der Waals surface area contributed by atoms with E-state index < -0.39 is 10.0 Å². The highest BCUT2D eigenvalue weighted by atomic mass is 32.2. The second-order valence-electron chi connectivity index (χ2n) is 6.55. The third-order valence-electron chi connectivity index (χ3n) is 4.13. The van der Waals surface area contributed by atoms with E-state index in [0.29, 0.717) is 15.7 Å². The largest absolute Gasteiger partial charge is 0.287 e. The molecule has 3 rings (SSSR count). The van der Waals surface area contributed by atoms with E-state index >= 15 is 0 Å². The summed E-state index contributed by atoms with van der Waals surface area (Å²) in [5.74, 6) is 6.12. The first-order valence-electron chi connectivity index (χ1n) is 9.08. The van der Waals surface area contributed by atoms with Gasteiger partial charge in [-0.05, 0) is 37.1 Å². The van der Waals surface area contributed by atoms with E-state index in [2.05, 4.69) is 16.9 Å². The third kappa shape index (κ3) is 5.94. The van der Waals surface area contributed by atoms with Crippen LogP contribution in [0.2, 0.25) is 0 Å². The quantitative estimate of drug-likeness (QED) is 0.341. The van der Waals surface area contributed by atoms with Crippen molar-refractivity contribution in [1.82, 2.24) is 14.8 Å². The highest BCUT2D eigenvalue weighted by Crippen LogP contribution is 2.24. The molecular formula is C21H20N4O3S3.